The Labute approximate surface area is 90.2 Å². The molecule has 1 aromatic heterocycles. The van der Waals surface area contributed by atoms with Crippen LogP contribution >= 0.6 is 15.9 Å². The second kappa shape index (κ2) is 2.95. The van der Waals surface area contributed by atoms with Crippen LogP contribution in [0.25, 0.3) is 0 Å². The molecule has 0 saturated heterocycles. The number of aromatic nitrogens is 1. The fourth-order valence-electron chi connectivity index (χ4n) is 1.27. The van der Waals surface area contributed by atoms with Crippen LogP contribution in [0.3, 0.4) is 0 Å². The molecule has 1 aliphatic heterocycles. The molecule has 0 aliphatic carbocycles. The summed E-state index contributed by atoms with van der Waals surface area (Å²) in [5, 5.41) is 5.87. The van der Waals surface area contributed by atoms with Crippen molar-refractivity contribution in [3.8, 4) is 0 Å². The lowest BCUT2D eigenvalue weighted by atomic mass is 10.0. The van der Waals surface area contributed by atoms with Crippen molar-refractivity contribution < 1.29 is 4.79 Å². The van der Waals surface area contributed by atoms with Crippen molar-refractivity contribution in [2.75, 3.05) is 10.6 Å². The molecule has 1 aromatic rings. The lowest BCUT2D eigenvalue weighted by Crippen LogP contribution is -2.47. The highest BCUT2D eigenvalue weighted by molar-refractivity contribution is 9.10. The topological polar surface area (TPSA) is 54.0 Å². The zero-order valence-corrected chi connectivity index (χ0v) is 9.47. The second-order valence-corrected chi connectivity index (χ2v) is 4.67. The molecule has 14 heavy (non-hydrogen) atoms. The molecule has 2 N–H and O–H groups in total. The van der Waals surface area contributed by atoms with Crippen molar-refractivity contribution >= 4 is 33.3 Å². The monoisotopic (exact) mass is 255 g/mol. The van der Waals surface area contributed by atoms with Crippen molar-refractivity contribution in [1.29, 1.82) is 0 Å². The average Bonchev–Trinajstić information content (AvgIpc) is 2.08. The molecular formula is C9H10BrN3O. The first-order chi connectivity index (χ1) is 6.49. The van der Waals surface area contributed by atoms with Crippen LogP contribution in [0.4, 0.5) is 11.5 Å². The maximum Gasteiger partial charge on any atom is 0.249 e. The number of fused-ring (bicyclic) bond motifs is 1. The maximum absolute atomic E-state index is 11.6. The Morgan fingerprint density at radius 3 is 2.93 bits per heavy atom. The number of hydrogen-bond acceptors (Lipinski definition) is 3. The average molecular weight is 256 g/mol. The summed E-state index contributed by atoms with van der Waals surface area (Å²) in [6.45, 7) is 3.63. The predicted molar refractivity (Wildman–Crippen MR) is 58.3 cm³/mol. The first-order valence-corrected chi connectivity index (χ1v) is 5.03. The van der Waals surface area contributed by atoms with E-state index in [4.69, 9.17) is 0 Å². The normalized spacial score (nSPS) is 18.1. The zero-order chi connectivity index (χ0) is 10.3. The van der Waals surface area contributed by atoms with Gasteiger partial charge in [-0.25, -0.2) is 4.98 Å². The summed E-state index contributed by atoms with van der Waals surface area (Å²) in [7, 11) is 0. The predicted octanol–water partition coefficient (Wildman–Crippen LogP) is 1.99. The number of carbonyl (C=O) groups excluding carboxylic acids is 1. The highest BCUT2D eigenvalue weighted by Crippen LogP contribution is 2.30. The van der Waals surface area contributed by atoms with Crippen molar-refractivity contribution in [1.82, 2.24) is 4.98 Å². The van der Waals surface area contributed by atoms with Gasteiger partial charge in [0, 0.05) is 10.7 Å². The molecule has 0 unspecified atom stereocenters. The van der Waals surface area contributed by atoms with Crippen LogP contribution in [0.15, 0.2) is 16.7 Å². The largest absolute Gasteiger partial charge is 0.355 e. The molecule has 1 amide bonds. The van der Waals surface area contributed by atoms with Gasteiger partial charge in [-0.05, 0) is 35.8 Å². The number of carbonyl (C=O) groups is 1. The maximum atomic E-state index is 11.6. The fraction of sp³-hybridized carbons (Fsp3) is 0.333. The van der Waals surface area contributed by atoms with Crippen molar-refractivity contribution in [3.05, 3.63) is 16.7 Å². The van der Waals surface area contributed by atoms with Gasteiger partial charge in [0.2, 0.25) is 5.91 Å². The first kappa shape index (κ1) is 9.45. The number of rotatable bonds is 0. The Balaban J connectivity index is 2.46. The van der Waals surface area contributed by atoms with Gasteiger partial charge in [0.05, 0.1) is 5.69 Å². The molecule has 0 aromatic carbocycles. The van der Waals surface area contributed by atoms with Gasteiger partial charge in [-0.1, -0.05) is 0 Å². The van der Waals surface area contributed by atoms with E-state index in [1.807, 2.05) is 19.9 Å². The summed E-state index contributed by atoms with van der Waals surface area (Å²) in [5.74, 6) is 0.655. The minimum atomic E-state index is -0.603. The summed E-state index contributed by atoms with van der Waals surface area (Å²) >= 11 is 3.30. The number of halogens is 1. The van der Waals surface area contributed by atoms with E-state index in [9.17, 15) is 4.79 Å². The number of anilines is 2. The van der Waals surface area contributed by atoms with E-state index in [1.54, 1.807) is 6.20 Å². The van der Waals surface area contributed by atoms with Crippen LogP contribution in [0.2, 0.25) is 0 Å². The molecule has 0 atom stereocenters. The molecule has 5 heteroatoms. The number of hydrogen-bond donors (Lipinski definition) is 2. The van der Waals surface area contributed by atoms with Crippen LogP contribution < -0.4 is 10.6 Å². The van der Waals surface area contributed by atoms with E-state index in [0.717, 1.165) is 4.47 Å². The van der Waals surface area contributed by atoms with E-state index in [2.05, 4.69) is 31.5 Å². The SMILES string of the molecule is CC1(C)Nc2ncc(Br)cc2NC1=O. The molecular weight excluding hydrogens is 246 g/mol. The molecule has 1 aliphatic rings. The third kappa shape index (κ3) is 1.48. The Kier molecular flexibility index (Phi) is 1.99. The van der Waals surface area contributed by atoms with Gasteiger partial charge in [0.1, 0.15) is 5.54 Å². The van der Waals surface area contributed by atoms with Gasteiger partial charge in [-0.3, -0.25) is 4.79 Å². The molecule has 0 fully saturated rings. The molecule has 2 rings (SSSR count). The fourth-order valence-corrected chi connectivity index (χ4v) is 1.60. The van der Waals surface area contributed by atoms with Crippen LogP contribution in [-0.4, -0.2) is 16.4 Å². The van der Waals surface area contributed by atoms with E-state index >= 15 is 0 Å². The summed E-state index contributed by atoms with van der Waals surface area (Å²) < 4.78 is 0.845. The summed E-state index contributed by atoms with van der Waals surface area (Å²) in [4.78, 5) is 15.7. The van der Waals surface area contributed by atoms with Gasteiger partial charge >= 0.3 is 0 Å². The third-order valence-corrected chi connectivity index (χ3v) is 2.53. The summed E-state index contributed by atoms with van der Waals surface area (Å²) in [6.07, 6.45) is 1.69. The van der Waals surface area contributed by atoms with Crippen molar-refractivity contribution in [3.63, 3.8) is 0 Å². The quantitative estimate of drug-likeness (QED) is 0.746. The lowest BCUT2D eigenvalue weighted by molar-refractivity contribution is -0.119. The van der Waals surface area contributed by atoms with Crippen molar-refractivity contribution in [2.45, 2.75) is 19.4 Å². The van der Waals surface area contributed by atoms with Gasteiger partial charge in [0.15, 0.2) is 5.82 Å². The van der Waals surface area contributed by atoms with Crippen LogP contribution in [0.5, 0.6) is 0 Å². The smallest absolute Gasteiger partial charge is 0.249 e. The Morgan fingerprint density at radius 1 is 1.50 bits per heavy atom. The molecule has 74 valence electrons. The zero-order valence-electron chi connectivity index (χ0n) is 7.89. The number of nitrogens with one attached hydrogen (secondary N) is 2. The second-order valence-electron chi connectivity index (χ2n) is 3.75. The van der Waals surface area contributed by atoms with Gasteiger partial charge in [0.25, 0.3) is 0 Å². The summed E-state index contributed by atoms with van der Waals surface area (Å²) in [5.41, 5.74) is 0.108. The molecule has 4 nitrogen and oxygen atoms in total. The Hall–Kier alpha value is -1.10. The minimum absolute atomic E-state index is 0.0510. The highest BCUT2D eigenvalue weighted by Gasteiger charge is 2.33. The number of nitrogens with zero attached hydrogens (tertiary/aromatic N) is 1. The highest BCUT2D eigenvalue weighted by atomic mass is 79.9. The molecule has 0 radical (unpaired) electrons. The van der Waals surface area contributed by atoms with E-state index in [1.165, 1.54) is 0 Å². The number of amides is 1. The number of pyridine rings is 1. The van der Waals surface area contributed by atoms with Crippen LogP contribution in [0, 0.1) is 0 Å². The van der Waals surface area contributed by atoms with E-state index < -0.39 is 5.54 Å². The molecule has 2 heterocycles. The van der Waals surface area contributed by atoms with E-state index in [0.29, 0.717) is 11.5 Å². The van der Waals surface area contributed by atoms with Crippen LogP contribution in [0.1, 0.15) is 13.8 Å². The third-order valence-electron chi connectivity index (χ3n) is 2.10. The van der Waals surface area contributed by atoms with Gasteiger partial charge < -0.3 is 10.6 Å². The Bertz CT molecular complexity index is 403. The van der Waals surface area contributed by atoms with E-state index in [-0.39, 0.29) is 5.91 Å². The van der Waals surface area contributed by atoms with Crippen LogP contribution in [-0.2, 0) is 4.79 Å². The summed E-state index contributed by atoms with van der Waals surface area (Å²) in [6, 6.07) is 1.82. The van der Waals surface area contributed by atoms with Crippen molar-refractivity contribution in [2.24, 2.45) is 0 Å². The standard InChI is InChI=1S/C9H10BrN3O/c1-9(2)8(14)12-6-3-5(10)4-11-7(6)13-9/h3-4H,1-2H3,(H,11,13)(H,12,14). The Morgan fingerprint density at radius 2 is 2.21 bits per heavy atom. The molecule has 0 saturated carbocycles. The molecule has 0 spiro atoms. The minimum Gasteiger partial charge on any atom is -0.355 e. The first-order valence-electron chi connectivity index (χ1n) is 4.24. The van der Waals surface area contributed by atoms with Gasteiger partial charge in [-0.2, -0.15) is 0 Å². The molecule has 0 bridgehead atoms. The van der Waals surface area contributed by atoms with Gasteiger partial charge in [-0.15, -0.1) is 0 Å². The lowest BCUT2D eigenvalue weighted by Gasteiger charge is -2.31.